The van der Waals surface area contributed by atoms with Gasteiger partial charge >= 0.3 is 11.9 Å². The van der Waals surface area contributed by atoms with Gasteiger partial charge in [0.25, 0.3) is 0 Å². The Kier molecular flexibility index (Phi) is 7.23. The van der Waals surface area contributed by atoms with Gasteiger partial charge in [0.15, 0.2) is 6.10 Å². The molecule has 122 valence electrons. The molecule has 1 rings (SSSR count). The number of hydrogen-bond donors (Lipinski definition) is 0. The highest BCUT2D eigenvalue weighted by atomic mass is 127. The molecular weight excluding hydrogens is 639 g/mol. The number of halogens is 5. The van der Waals surface area contributed by atoms with E-state index in [2.05, 4.69) is 22.6 Å². The van der Waals surface area contributed by atoms with Crippen LogP contribution in [0.2, 0.25) is 0 Å². The molecule has 0 radical (unpaired) electrons. The molecule has 0 aliphatic heterocycles. The number of carbonyl (C=O) groups excluding carboxylic acids is 2. The maximum Gasteiger partial charge on any atom is 0.339 e. The van der Waals surface area contributed by atoms with Gasteiger partial charge in [0.05, 0.1) is 5.56 Å². The number of aliphatic carboxylic acids is 1. The van der Waals surface area contributed by atoms with Gasteiger partial charge in [-0.1, -0.05) is 13.8 Å². The van der Waals surface area contributed by atoms with Gasteiger partial charge in [-0.3, -0.25) is 0 Å². The molecular formula is C13H10F2I3O4-. The summed E-state index contributed by atoms with van der Waals surface area (Å²) in [4.78, 5) is 22.7. The van der Waals surface area contributed by atoms with E-state index < -0.39 is 29.9 Å². The van der Waals surface area contributed by atoms with Gasteiger partial charge in [0.1, 0.15) is 5.97 Å². The number of ether oxygens (including phenoxy) is 1. The Bertz CT molecular complexity index is 605. The molecule has 0 heterocycles. The Balaban J connectivity index is 3.13. The molecule has 1 aromatic rings. The van der Waals surface area contributed by atoms with Crippen LogP contribution in [0.4, 0.5) is 8.78 Å². The molecule has 0 spiro atoms. The first-order valence-corrected chi connectivity index (χ1v) is 9.16. The zero-order valence-electron chi connectivity index (χ0n) is 11.3. The third-order valence-corrected chi connectivity index (χ3v) is 6.41. The van der Waals surface area contributed by atoms with Gasteiger partial charge < -0.3 is 14.6 Å². The molecule has 0 N–H and O–H groups in total. The number of carboxylic acids is 1. The predicted molar refractivity (Wildman–Crippen MR) is 98.6 cm³/mol. The average Bonchev–Trinajstić information content (AvgIpc) is 2.39. The van der Waals surface area contributed by atoms with Gasteiger partial charge in [0.2, 0.25) is 0 Å². The van der Waals surface area contributed by atoms with Crippen molar-refractivity contribution in [2.75, 3.05) is 0 Å². The summed E-state index contributed by atoms with van der Waals surface area (Å²) in [6, 6.07) is 3.22. The van der Waals surface area contributed by atoms with E-state index in [-0.39, 0.29) is 5.56 Å². The third kappa shape index (κ3) is 4.61. The molecule has 0 bridgehead atoms. The Hall–Kier alpha value is 0.210. The van der Waals surface area contributed by atoms with Crippen LogP contribution >= 0.6 is 67.8 Å². The normalized spacial score (nSPS) is 13.1. The van der Waals surface area contributed by atoms with Gasteiger partial charge in [-0.15, -0.1) is 0 Å². The summed E-state index contributed by atoms with van der Waals surface area (Å²) in [6.45, 7) is 2.69. The van der Waals surface area contributed by atoms with E-state index in [4.69, 9.17) is 4.74 Å². The smallest absolute Gasteiger partial charge is 0.339 e. The van der Waals surface area contributed by atoms with Crippen molar-refractivity contribution in [1.29, 1.82) is 0 Å². The maximum atomic E-state index is 13.6. The van der Waals surface area contributed by atoms with E-state index in [1.54, 1.807) is 6.07 Å². The molecule has 1 unspecified atom stereocenters. The topological polar surface area (TPSA) is 66.4 Å². The summed E-state index contributed by atoms with van der Waals surface area (Å²) in [5.74, 6) is -8.70. The second-order valence-corrected chi connectivity index (χ2v) is 8.21. The van der Waals surface area contributed by atoms with Gasteiger partial charge in [-0.05, 0) is 85.8 Å². The van der Waals surface area contributed by atoms with Crippen LogP contribution in [0, 0.1) is 16.6 Å². The highest BCUT2D eigenvalue weighted by molar-refractivity contribution is 14.1. The summed E-state index contributed by atoms with van der Waals surface area (Å²) >= 11 is 5.97. The molecule has 0 saturated heterocycles. The van der Waals surface area contributed by atoms with E-state index in [1.807, 2.05) is 45.2 Å². The number of rotatable bonds is 5. The molecule has 4 nitrogen and oxygen atoms in total. The molecule has 0 aromatic heterocycles. The lowest BCUT2D eigenvalue weighted by Gasteiger charge is -2.30. The number of carboxylic acid groups (broad SMARTS) is 1. The number of alkyl halides is 2. The molecule has 0 amide bonds. The van der Waals surface area contributed by atoms with Crippen molar-refractivity contribution in [3.8, 4) is 0 Å². The number of esters is 1. The highest BCUT2D eigenvalue weighted by Crippen LogP contribution is 2.29. The Morgan fingerprint density at radius 2 is 1.64 bits per heavy atom. The second-order valence-electron chi connectivity index (χ2n) is 4.73. The lowest BCUT2D eigenvalue weighted by molar-refractivity contribution is -0.337. The van der Waals surface area contributed by atoms with Crippen LogP contribution in [0.3, 0.4) is 0 Å². The van der Waals surface area contributed by atoms with Crippen molar-refractivity contribution < 1.29 is 28.2 Å². The monoisotopic (exact) mass is 649 g/mol. The van der Waals surface area contributed by atoms with E-state index >= 15 is 0 Å². The van der Waals surface area contributed by atoms with E-state index in [1.165, 1.54) is 19.9 Å². The number of hydrogen-bond acceptors (Lipinski definition) is 4. The molecule has 0 aliphatic carbocycles. The van der Waals surface area contributed by atoms with E-state index in [9.17, 15) is 23.5 Å². The van der Waals surface area contributed by atoms with Crippen molar-refractivity contribution in [3.63, 3.8) is 0 Å². The van der Waals surface area contributed by atoms with Crippen LogP contribution in [0.15, 0.2) is 12.1 Å². The Labute approximate surface area is 166 Å². The van der Waals surface area contributed by atoms with Crippen molar-refractivity contribution in [2.45, 2.75) is 25.9 Å². The van der Waals surface area contributed by atoms with Crippen LogP contribution in [0.25, 0.3) is 0 Å². The molecule has 0 saturated carbocycles. The minimum absolute atomic E-state index is 0.116. The molecule has 0 fully saturated rings. The number of carbonyl (C=O) groups is 2. The summed E-state index contributed by atoms with van der Waals surface area (Å²) in [5, 5.41) is 10.6. The fourth-order valence-corrected chi connectivity index (χ4v) is 3.82. The SMILES string of the molecule is CC(C)C(OC(=O)c1cc(I)c(I)cc1I)C(F)(F)C(=O)[O-]. The van der Waals surface area contributed by atoms with Crippen LogP contribution in [-0.2, 0) is 9.53 Å². The zero-order valence-corrected chi connectivity index (χ0v) is 17.8. The summed E-state index contributed by atoms with van der Waals surface area (Å²) in [6.07, 6.45) is -2.10. The van der Waals surface area contributed by atoms with Crippen LogP contribution < -0.4 is 5.11 Å². The lowest BCUT2D eigenvalue weighted by atomic mass is 10.0. The quantitative estimate of drug-likeness (QED) is 0.280. The van der Waals surface area contributed by atoms with Crippen molar-refractivity contribution in [1.82, 2.24) is 0 Å². The van der Waals surface area contributed by atoms with Gasteiger partial charge in [-0.2, -0.15) is 8.78 Å². The van der Waals surface area contributed by atoms with Crippen LogP contribution in [0.1, 0.15) is 24.2 Å². The first-order chi connectivity index (χ1) is 9.98. The zero-order chi connectivity index (χ0) is 17.2. The van der Waals surface area contributed by atoms with Gasteiger partial charge in [0, 0.05) is 10.7 Å². The molecule has 9 heteroatoms. The second kappa shape index (κ2) is 7.85. The lowest BCUT2D eigenvalue weighted by Crippen LogP contribution is -2.53. The molecule has 1 atom stereocenters. The number of benzene rings is 1. The Morgan fingerprint density at radius 3 is 2.09 bits per heavy atom. The van der Waals surface area contributed by atoms with Gasteiger partial charge in [-0.25, -0.2) is 4.79 Å². The molecule has 1 aromatic carbocycles. The van der Waals surface area contributed by atoms with Crippen molar-refractivity contribution in [3.05, 3.63) is 28.4 Å². The van der Waals surface area contributed by atoms with Crippen LogP contribution in [-0.4, -0.2) is 24.0 Å². The maximum absolute atomic E-state index is 13.6. The third-order valence-electron chi connectivity index (χ3n) is 2.70. The fraction of sp³-hybridized carbons (Fsp3) is 0.385. The summed E-state index contributed by atoms with van der Waals surface area (Å²) in [7, 11) is 0. The standard InChI is InChI=1S/C13H11F2I3O4/c1-5(2)10(13(14,15)12(20)21)22-11(19)6-3-8(17)9(18)4-7(6)16/h3-5,10H,1-2H3,(H,20,21)/p-1. The largest absolute Gasteiger partial charge is 0.544 e. The molecule has 22 heavy (non-hydrogen) atoms. The first kappa shape index (κ1) is 20.3. The Morgan fingerprint density at radius 1 is 1.14 bits per heavy atom. The summed E-state index contributed by atoms with van der Waals surface area (Å²) < 4.78 is 34.3. The minimum Gasteiger partial charge on any atom is -0.544 e. The van der Waals surface area contributed by atoms with Crippen LogP contribution in [0.5, 0.6) is 0 Å². The predicted octanol–water partition coefficient (Wildman–Crippen LogP) is 3.07. The highest BCUT2D eigenvalue weighted by Gasteiger charge is 2.46. The van der Waals surface area contributed by atoms with E-state index in [0.29, 0.717) is 3.57 Å². The first-order valence-electron chi connectivity index (χ1n) is 5.93. The summed E-state index contributed by atoms with van der Waals surface area (Å²) in [5.41, 5.74) is 0.116. The van der Waals surface area contributed by atoms with E-state index in [0.717, 1.165) is 7.14 Å². The minimum atomic E-state index is -4.26. The fourth-order valence-electron chi connectivity index (χ4n) is 1.60. The molecule has 0 aliphatic rings. The van der Waals surface area contributed by atoms with Crippen molar-refractivity contribution >= 4 is 79.7 Å². The van der Waals surface area contributed by atoms with Crippen molar-refractivity contribution in [2.24, 2.45) is 5.92 Å². The average molecular weight is 649 g/mol.